The van der Waals surface area contributed by atoms with Crippen LogP contribution in [0.15, 0.2) is 24.4 Å². The van der Waals surface area contributed by atoms with Crippen LogP contribution in [-0.2, 0) is 18.4 Å². The number of anilines is 1. The highest BCUT2D eigenvalue weighted by molar-refractivity contribution is 5.67. The van der Waals surface area contributed by atoms with Gasteiger partial charge >= 0.3 is 12.0 Å². The van der Waals surface area contributed by atoms with Crippen LogP contribution in [0.25, 0.3) is 11.4 Å². The zero-order valence-corrected chi connectivity index (χ0v) is 20.8. The van der Waals surface area contributed by atoms with E-state index < -0.39 is 11.9 Å². The molecule has 0 aromatic carbocycles. The van der Waals surface area contributed by atoms with Gasteiger partial charge in [0.25, 0.3) is 0 Å². The number of aliphatic carboxylic acids is 1. The van der Waals surface area contributed by atoms with Gasteiger partial charge in [-0.2, -0.15) is 4.98 Å². The van der Waals surface area contributed by atoms with E-state index in [1.165, 1.54) is 6.20 Å². The van der Waals surface area contributed by atoms with Crippen LogP contribution in [0.5, 0.6) is 6.01 Å². The van der Waals surface area contributed by atoms with Crippen molar-refractivity contribution in [2.75, 3.05) is 18.0 Å². The minimum atomic E-state index is -2.62. The molecule has 0 unspecified atom stereocenters. The van der Waals surface area contributed by atoms with Gasteiger partial charge in [0.05, 0.1) is 22.8 Å². The molecular weight excluding hydrogens is 484 g/mol. The Hall–Kier alpha value is -3.70. The first kappa shape index (κ1) is 25.0. The topological polar surface area (TPSA) is 119 Å². The summed E-state index contributed by atoms with van der Waals surface area (Å²) in [6.45, 7) is 3.56. The second-order valence-corrected chi connectivity index (χ2v) is 9.88. The SMILES string of the molecule is Cc1nc(-c2nnn(C)c2COc2nccc(C3CC(F)(F)C3)n2)ccc1N1CCC[C@H](CC(=O)O)C1. The van der Waals surface area contributed by atoms with E-state index in [1.54, 1.807) is 17.8 Å². The average Bonchev–Trinajstić information content (AvgIpc) is 3.21. The Morgan fingerprint density at radius 2 is 2.05 bits per heavy atom. The lowest BCUT2D eigenvalue weighted by Crippen LogP contribution is -2.36. The number of aromatic nitrogens is 6. The van der Waals surface area contributed by atoms with E-state index in [0.29, 0.717) is 29.3 Å². The van der Waals surface area contributed by atoms with E-state index in [0.717, 1.165) is 30.8 Å². The number of rotatable bonds is 8. The van der Waals surface area contributed by atoms with Crippen LogP contribution in [0.1, 0.15) is 55.1 Å². The van der Waals surface area contributed by atoms with Crippen LogP contribution >= 0.6 is 0 Å². The first-order valence-corrected chi connectivity index (χ1v) is 12.4. The Labute approximate surface area is 212 Å². The first-order chi connectivity index (χ1) is 17.7. The van der Waals surface area contributed by atoms with E-state index in [9.17, 15) is 13.6 Å². The Morgan fingerprint density at radius 3 is 2.78 bits per heavy atom. The first-order valence-electron chi connectivity index (χ1n) is 12.4. The van der Waals surface area contributed by atoms with Crippen LogP contribution in [0, 0.1) is 12.8 Å². The average molecular weight is 514 g/mol. The molecule has 1 saturated carbocycles. The van der Waals surface area contributed by atoms with E-state index in [4.69, 9.17) is 14.8 Å². The van der Waals surface area contributed by atoms with Crippen molar-refractivity contribution in [1.82, 2.24) is 29.9 Å². The number of carbonyl (C=O) groups is 1. The third kappa shape index (κ3) is 5.52. The van der Waals surface area contributed by atoms with Crippen molar-refractivity contribution in [2.45, 2.75) is 57.5 Å². The van der Waals surface area contributed by atoms with Crippen molar-refractivity contribution in [2.24, 2.45) is 13.0 Å². The third-order valence-electron chi connectivity index (χ3n) is 7.07. The number of nitrogens with zero attached hydrogens (tertiary/aromatic N) is 7. The van der Waals surface area contributed by atoms with E-state index >= 15 is 0 Å². The molecule has 196 valence electrons. The quantitative estimate of drug-likeness (QED) is 0.480. The fraction of sp³-hybridized carbons (Fsp3) is 0.520. The summed E-state index contributed by atoms with van der Waals surface area (Å²) in [7, 11) is 1.75. The predicted octanol–water partition coefficient (Wildman–Crippen LogP) is 3.76. The normalized spacial score (nSPS) is 19.5. The molecule has 1 saturated heterocycles. The maximum Gasteiger partial charge on any atom is 0.316 e. The van der Waals surface area contributed by atoms with Crippen molar-refractivity contribution >= 4 is 11.7 Å². The number of ether oxygens (including phenoxy) is 1. The summed E-state index contributed by atoms with van der Waals surface area (Å²) < 4.78 is 33.9. The molecular formula is C25H29F2N7O3. The maximum absolute atomic E-state index is 13.3. The molecule has 5 rings (SSSR count). The number of hydrogen-bond donors (Lipinski definition) is 1. The van der Waals surface area contributed by atoms with Crippen LogP contribution in [-0.4, -0.2) is 60.0 Å². The summed E-state index contributed by atoms with van der Waals surface area (Å²) in [5.74, 6) is -3.56. The van der Waals surface area contributed by atoms with Gasteiger partial charge in [-0.15, -0.1) is 5.10 Å². The molecule has 0 radical (unpaired) electrons. The number of halogens is 2. The standard InChI is InChI=1S/C25H29F2N7O3/c1-15-20(34-9-3-4-16(13-34)10-22(35)36)6-5-19(29-15)23-21(33(2)32-31-23)14-37-24-28-8-7-18(30-24)17-11-25(26,27)12-17/h5-8,16-17H,3-4,9-14H2,1-2H3,(H,35,36)/t16-/m1/s1. The van der Waals surface area contributed by atoms with E-state index in [-0.39, 0.29) is 43.7 Å². The molecule has 0 bridgehead atoms. The number of hydrogen-bond acceptors (Lipinski definition) is 8. The molecule has 3 aromatic heterocycles. The number of alkyl halides is 2. The van der Waals surface area contributed by atoms with Gasteiger partial charge < -0.3 is 14.7 Å². The van der Waals surface area contributed by atoms with Crippen LogP contribution in [0.4, 0.5) is 14.5 Å². The fourth-order valence-corrected chi connectivity index (χ4v) is 5.11. The van der Waals surface area contributed by atoms with Gasteiger partial charge in [-0.05, 0) is 43.9 Å². The molecule has 1 aliphatic heterocycles. The minimum absolute atomic E-state index is 0.0780. The van der Waals surface area contributed by atoms with Gasteiger partial charge in [-0.3, -0.25) is 4.79 Å². The predicted molar refractivity (Wildman–Crippen MR) is 129 cm³/mol. The number of carboxylic acids is 1. The summed E-state index contributed by atoms with van der Waals surface area (Å²) in [6.07, 6.45) is 3.12. The molecule has 2 fully saturated rings. The number of aryl methyl sites for hydroxylation is 2. The molecule has 1 N–H and O–H groups in total. The van der Waals surface area contributed by atoms with Crippen LogP contribution < -0.4 is 9.64 Å². The summed E-state index contributed by atoms with van der Waals surface area (Å²) in [5.41, 5.74) is 4.22. The van der Waals surface area contributed by atoms with Crippen LogP contribution in [0.3, 0.4) is 0 Å². The number of pyridine rings is 1. The lowest BCUT2D eigenvalue weighted by Gasteiger charge is -2.34. The zero-order chi connectivity index (χ0) is 26.2. The monoisotopic (exact) mass is 513 g/mol. The van der Waals surface area contributed by atoms with Crippen LogP contribution in [0.2, 0.25) is 0 Å². The summed E-state index contributed by atoms with van der Waals surface area (Å²) in [5, 5.41) is 17.6. The molecule has 3 aromatic rings. The Balaban J connectivity index is 1.29. The van der Waals surface area contributed by atoms with Crippen molar-refractivity contribution in [3.05, 3.63) is 41.5 Å². The van der Waals surface area contributed by atoms with Crippen molar-refractivity contribution in [1.29, 1.82) is 0 Å². The molecule has 2 aliphatic rings. The molecule has 4 heterocycles. The Bertz CT molecular complexity index is 1290. The number of carboxylic acid groups (broad SMARTS) is 1. The second kappa shape index (κ2) is 9.98. The largest absolute Gasteiger partial charge is 0.481 e. The molecule has 1 atom stereocenters. The van der Waals surface area contributed by atoms with Gasteiger partial charge in [0.1, 0.15) is 18.0 Å². The number of piperidine rings is 1. The molecule has 12 heteroatoms. The van der Waals surface area contributed by atoms with Crippen molar-refractivity contribution in [3.8, 4) is 17.4 Å². The smallest absolute Gasteiger partial charge is 0.316 e. The molecule has 1 aliphatic carbocycles. The molecule has 0 spiro atoms. The molecule has 0 amide bonds. The summed E-state index contributed by atoms with van der Waals surface area (Å²) in [4.78, 5) is 26.6. The van der Waals surface area contributed by atoms with Gasteiger partial charge in [0.15, 0.2) is 0 Å². The summed E-state index contributed by atoms with van der Waals surface area (Å²) in [6, 6.07) is 5.62. The fourth-order valence-electron chi connectivity index (χ4n) is 5.11. The van der Waals surface area contributed by atoms with Gasteiger partial charge in [-0.1, -0.05) is 5.21 Å². The zero-order valence-electron chi connectivity index (χ0n) is 20.8. The van der Waals surface area contributed by atoms with Crippen molar-refractivity contribution in [3.63, 3.8) is 0 Å². The lowest BCUT2D eigenvalue weighted by molar-refractivity contribution is -0.138. The highest BCUT2D eigenvalue weighted by atomic mass is 19.3. The van der Waals surface area contributed by atoms with E-state index in [1.807, 2.05) is 19.1 Å². The highest BCUT2D eigenvalue weighted by Crippen LogP contribution is 2.47. The summed E-state index contributed by atoms with van der Waals surface area (Å²) >= 11 is 0. The Kier molecular flexibility index (Phi) is 6.74. The second-order valence-electron chi connectivity index (χ2n) is 9.88. The molecule has 10 nitrogen and oxygen atoms in total. The third-order valence-corrected chi connectivity index (χ3v) is 7.07. The van der Waals surface area contributed by atoms with Gasteiger partial charge in [0.2, 0.25) is 5.92 Å². The minimum Gasteiger partial charge on any atom is -0.481 e. The van der Waals surface area contributed by atoms with E-state index in [2.05, 4.69) is 25.2 Å². The van der Waals surface area contributed by atoms with Gasteiger partial charge in [-0.25, -0.2) is 23.4 Å². The van der Waals surface area contributed by atoms with Gasteiger partial charge in [0, 0.05) is 51.5 Å². The Morgan fingerprint density at radius 1 is 1.24 bits per heavy atom. The maximum atomic E-state index is 13.3. The highest BCUT2D eigenvalue weighted by Gasteiger charge is 2.46. The lowest BCUT2D eigenvalue weighted by atomic mass is 9.79. The van der Waals surface area contributed by atoms with Crippen molar-refractivity contribution < 1.29 is 23.4 Å². The molecule has 37 heavy (non-hydrogen) atoms.